The first kappa shape index (κ1) is 19.8. The summed E-state index contributed by atoms with van der Waals surface area (Å²) in [5, 5.41) is 22.2. The van der Waals surface area contributed by atoms with Gasteiger partial charge >= 0.3 is 6.03 Å². The number of urea groups is 1. The van der Waals surface area contributed by atoms with Crippen molar-refractivity contribution in [3.05, 3.63) is 76.1 Å². The number of H-pyrrole nitrogens is 1. The Morgan fingerprint density at radius 3 is 3.07 bits per heavy atom. The number of nitriles is 1. The first-order chi connectivity index (χ1) is 14.6. The fourth-order valence-corrected chi connectivity index (χ4v) is 3.71. The van der Waals surface area contributed by atoms with Crippen LogP contribution in [0.15, 0.2) is 48.7 Å². The van der Waals surface area contributed by atoms with Crippen LogP contribution >= 0.6 is 11.6 Å². The van der Waals surface area contributed by atoms with E-state index in [0.717, 1.165) is 30.5 Å². The van der Waals surface area contributed by atoms with E-state index in [4.69, 9.17) is 21.6 Å². The van der Waals surface area contributed by atoms with E-state index in [1.807, 2.05) is 18.3 Å². The van der Waals surface area contributed by atoms with Crippen LogP contribution in [-0.2, 0) is 19.4 Å². The van der Waals surface area contributed by atoms with Gasteiger partial charge in [-0.1, -0.05) is 23.7 Å². The van der Waals surface area contributed by atoms with Gasteiger partial charge in [0.25, 0.3) is 0 Å². The van der Waals surface area contributed by atoms with E-state index in [1.54, 1.807) is 30.3 Å². The number of aromatic amines is 1. The lowest BCUT2D eigenvalue weighted by atomic mass is 9.94. The molecule has 2 aromatic carbocycles. The van der Waals surface area contributed by atoms with Gasteiger partial charge in [0, 0.05) is 23.8 Å². The highest BCUT2D eigenvalue weighted by Gasteiger charge is 2.21. The summed E-state index contributed by atoms with van der Waals surface area (Å²) in [5.74, 6) is 0.504. The number of ether oxygens (including phenoxy) is 1. The van der Waals surface area contributed by atoms with Crippen LogP contribution in [0, 0.1) is 11.3 Å². The summed E-state index contributed by atoms with van der Waals surface area (Å²) >= 11 is 6.31. The molecule has 1 aliphatic carbocycles. The summed E-state index contributed by atoms with van der Waals surface area (Å²) in [6.07, 6.45) is 4.35. The Morgan fingerprint density at radius 1 is 1.33 bits per heavy atom. The third-order valence-electron chi connectivity index (χ3n) is 5.00. The second-order valence-electron chi connectivity index (χ2n) is 7.16. The molecular formula is C22H20ClN5O2. The number of carbonyl (C=O) groups excluding carboxylic acids is 1. The van der Waals surface area contributed by atoms with Crippen LogP contribution in [0.25, 0.3) is 0 Å². The molecule has 1 heterocycles. The molecule has 0 fully saturated rings. The molecule has 3 aromatic rings. The summed E-state index contributed by atoms with van der Waals surface area (Å²) in [4.78, 5) is 12.3. The number of fused-ring (bicyclic) bond motifs is 1. The zero-order chi connectivity index (χ0) is 20.9. The molecule has 3 N–H and O–H groups in total. The number of aryl methyl sites for hydroxylation is 1. The summed E-state index contributed by atoms with van der Waals surface area (Å²) < 4.78 is 5.75. The number of rotatable bonds is 5. The van der Waals surface area contributed by atoms with Gasteiger partial charge in [-0.25, -0.2) is 4.79 Å². The Bertz CT molecular complexity index is 1100. The molecule has 0 spiro atoms. The number of halogens is 1. The number of carbonyl (C=O) groups is 1. The second kappa shape index (κ2) is 8.89. The van der Waals surface area contributed by atoms with Gasteiger partial charge < -0.3 is 15.4 Å². The van der Waals surface area contributed by atoms with Crippen LogP contribution in [-0.4, -0.2) is 22.3 Å². The van der Waals surface area contributed by atoms with E-state index < -0.39 is 0 Å². The van der Waals surface area contributed by atoms with Crippen LogP contribution in [0.1, 0.15) is 28.8 Å². The number of benzene rings is 2. The molecule has 8 heteroatoms. The van der Waals surface area contributed by atoms with Crippen molar-refractivity contribution >= 4 is 23.3 Å². The zero-order valence-corrected chi connectivity index (χ0v) is 16.9. The third-order valence-corrected chi connectivity index (χ3v) is 5.29. The van der Waals surface area contributed by atoms with E-state index >= 15 is 0 Å². The Morgan fingerprint density at radius 2 is 2.23 bits per heavy atom. The van der Waals surface area contributed by atoms with E-state index in [-0.39, 0.29) is 12.1 Å². The number of nitrogens with zero attached hydrogens (tertiary/aromatic N) is 2. The van der Waals surface area contributed by atoms with Gasteiger partial charge in [0.2, 0.25) is 0 Å². The van der Waals surface area contributed by atoms with Crippen LogP contribution in [0.5, 0.6) is 5.75 Å². The number of hydrogen-bond acceptors (Lipinski definition) is 4. The van der Waals surface area contributed by atoms with E-state index in [0.29, 0.717) is 28.6 Å². The quantitative estimate of drug-likeness (QED) is 0.574. The average molecular weight is 422 g/mol. The largest absolute Gasteiger partial charge is 0.487 e. The minimum atomic E-state index is -0.277. The van der Waals surface area contributed by atoms with Crippen molar-refractivity contribution in [1.29, 1.82) is 5.26 Å². The zero-order valence-electron chi connectivity index (χ0n) is 16.1. The topological polar surface area (TPSA) is 103 Å². The van der Waals surface area contributed by atoms with Crippen molar-refractivity contribution in [2.75, 3.05) is 5.32 Å². The van der Waals surface area contributed by atoms with Gasteiger partial charge in [-0.3, -0.25) is 5.10 Å². The molecule has 0 saturated carbocycles. The minimum absolute atomic E-state index is 0.0557. The highest BCUT2D eigenvalue weighted by molar-refractivity contribution is 6.32. The molecule has 30 heavy (non-hydrogen) atoms. The average Bonchev–Trinajstić information content (AvgIpc) is 3.21. The van der Waals surface area contributed by atoms with Crippen LogP contribution < -0.4 is 15.4 Å². The molecule has 0 saturated heterocycles. The van der Waals surface area contributed by atoms with Gasteiger partial charge in [0.15, 0.2) is 0 Å². The van der Waals surface area contributed by atoms with Crippen molar-refractivity contribution in [3.8, 4) is 11.8 Å². The van der Waals surface area contributed by atoms with E-state index in [9.17, 15) is 4.79 Å². The molecule has 0 bridgehead atoms. The van der Waals surface area contributed by atoms with Crippen LogP contribution in [0.4, 0.5) is 10.5 Å². The maximum atomic E-state index is 12.3. The molecule has 0 aliphatic heterocycles. The Hall–Kier alpha value is -3.50. The minimum Gasteiger partial charge on any atom is -0.487 e. The number of hydrogen-bond donors (Lipinski definition) is 3. The fourth-order valence-electron chi connectivity index (χ4n) is 3.47. The summed E-state index contributed by atoms with van der Waals surface area (Å²) in [7, 11) is 0. The molecule has 7 nitrogen and oxygen atoms in total. The second-order valence-corrected chi connectivity index (χ2v) is 7.57. The standard InChI is InChI=1S/C22H20ClN5O2/c23-19-9-17(6-7-21(19)30-13-15-3-1-2-14(8-15)11-24)26-22(29)27-18-5-4-16-12-25-28-20(16)10-18/h1-3,6-9,12,18H,4-5,10,13H2,(H,25,28)(H2,26,27,29). The monoisotopic (exact) mass is 421 g/mol. The van der Waals surface area contributed by atoms with E-state index in [2.05, 4.69) is 26.9 Å². The molecule has 1 aliphatic rings. The first-order valence-electron chi connectivity index (χ1n) is 9.61. The van der Waals surface area contributed by atoms with Crippen LogP contribution in [0.3, 0.4) is 0 Å². The van der Waals surface area contributed by atoms with Crippen molar-refractivity contribution in [2.45, 2.75) is 31.9 Å². The van der Waals surface area contributed by atoms with Gasteiger partial charge in [-0.05, 0) is 54.3 Å². The van der Waals surface area contributed by atoms with Gasteiger partial charge in [-0.15, -0.1) is 0 Å². The number of anilines is 1. The van der Waals surface area contributed by atoms with Gasteiger partial charge in [-0.2, -0.15) is 10.4 Å². The predicted octanol–water partition coefficient (Wildman–Crippen LogP) is 4.19. The number of nitrogens with one attached hydrogen (secondary N) is 3. The van der Waals surface area contributed by atoms with E-state index in [1.165, 1.54) is 5.56 Å². The maximum Gasteiger partial charge on any atom is 0.319 e. The number of aromatic nitrogens is 2. The Labute approximate surface area is 179 Å². The lowest BCUT2D eigenvalue weighted by molar-refractivity contribution is 0.247. The van der Waals surface area contributed by atoms with Crippen molar-refractivity contribution in [1.82, 2.24) is 15.5 Å². The predicted molar refractivity (Wildman–Crippen MR) is 113 cm³/mol. The Kier molecular flexibility index (Phi) is 5.87. The molecule has 1 unspecified atom stereocenters. The van der Waals surface area contributed by atoms with Crippen molar-refractivity contribution in [2.24, 2.45) is 0 Å². The smallest absolute Gasteiger partial charge is 0.319 e. The lowest BCUT2D eigenvalue weighted by Gasteiger charge is -2.23. The lowest BCUT2D eigenvalue weighted by Crippen LogP contribution is -2.41. The molecular weight excluding hydrogens is 402 g/mol. The third kappa shape index (κ3) is 4.73. The molecule has 2 amide bonds. The Balaban J connectivity index is 1.31. The highest BCUT2D eigenvalue weighted by Crippen LogP contribution is 2.28. The van der Waals surface area contributed by atoms with Crippen molar-refractivity contribution < 1.29 is 9.53 Å². The molecule has 1 atom stereocenters. The molecule has 152 valence electrons. The fraction of sp³-hybridized carbons (Fsp3) is 0.227. The van der Waals surface area contributed by atoms with Crippen LogP contribution in [0.2, 0.25) is 5.02 Å². The summed E-state index contributed by atoms with van der Waals surface area (Å²) in [5.41, 5.74) is 4.33. The molecule has 4 rings (SSSR count). The molecule has 0 radical (unpaired) electrons. The SMILES string of the molecule is N#Cc1cccc(COc2ccc(NC(=O)NC3CCc4cn[nH]c4C3)cc2Cl)c1. The molecule has 1 aromatic heterocycles. The highest BCUT2D eigenvalue weighted by atomic mass is 35.5. The number of amides is 2. The first-order valence-corrected chi connectivity index (χ1v) is 9.98. The normalized spacial score (nSPS) is 15.0. The van der Waals surface area contributed by atoms with Gasteiger partial charge in [0.1, 0.15) is 12.4 Å². The van der Waals surface area contributed by atoms with Crippen molar-refractivity contribution in [3.63, 3.8) is 0 Å². The maximum absolute atomic E-state index is 12.3. The summed E-state index contributed by atoms with van der Waals surface area (Å²) in [6.45, 7) is 0.291. The van der Waals surface area contributed by atoms with Gasteiger partial charge in [0.05, 0.1) is 22.9 Å². The summed E-state index contributed by atoms with van der Waals surface area (Å²) in [6, 6.07) is 14.2.